The van der Waals surface area contributed by atoms with E-state index in [1.165, 1.54) is 12.1 Å². The largest absolute Gasteiger partial charge is 0.486 e. The van der Waals surface area contributed by atoms with Crippen LogP contribution in [0.2, 0.25) is 0 Å². The summed E-state index contributed by atoms with van der Waals surface area (Å²) >= 11 is 0. The Morgan fingerprint density at radius 3 is 2.12 bits per heavy atom. The summed E-state index contributed by atoms with van der Waals surface area (Å²) in [6.07, 6.45) is -0.435. The first-order valence-corrected chi connectivity index (χ1v) is 8.90. The highest BCUT2D eigenvalue weighted by Crippen LogP contribution is 2.32. The van der Waals surface area contributed by atoms with E-state index in [-0.39, 0.29) is 6.10 Å². The molecule has 0 spiro atoms. The molecular weight excluding hydrogens is 339 g/mol. The van der Waals surface area contributed by atoms with Gasteiger partial charge in [-0.1, -0.05) is 36.8 Å². The minimum absolute atomic E-state index is 0.160. The van der Waals surface area contributed by atoms with Crippen LogP contribution in [0.4, 0.5) is 13.2 Å². The SMILES string of the molecule is CN(C)CCCCCC(Oc1ccc(C(F)(F)F)cc1)c1ccccc1. The van der Waals surface area contributed by atoms with Crippen LogP contribution >= 0.6 is 0 Å². The van der Waals surface area contributed by atoms with Crippen molar-refractivity contribution in [1.29, 1.82) is 0 Å². The number of alkyl halides is 3. The first-order valence-electron chi connectivity index (χ1n) is 8.90. The summed E-state index contributed by atoms with van der Waals surface area (Å²) in [5, 5.41) is 0. The number of ether oxygens (including phenoxy) is 1. The van der Waals surface area contributed by atoms with Crippen molar-refractivity contribution in [1.82, 2.24) is 4.90 Å². The van der Waals surface area contributed by atoms with Crippen LogP contribution in [0.25, 0.3) is 0 Å². The van der Waals surface area contributed by atoms with E-state index in [1.54, 1.807) is 0 Å². The van der Waals surface area contributed by atoms with E-state index in [4.69, 9.17) is 4.74 Å². The first kappa shape index (κ1) is 20.3. The highest BCUT2D eigenvalue weighted by Gasteiger charge is 2.30. The van der Waals surface area contributed by atoms with E-state index in [1.807, 2.05) is 30.3 Å². The fraction of sp³-hybridized carbons (Fsp3) is 0.429. The van der Waals surface area contributed by atoms with Crippen LogP contribution < -0.4 is 4.74 Å². The molecule has 0 radical (unpaired) electrons. The number of hydrogen-bond acceptors (Lipinski definition) is 2. The van der Waals surface area contributed by atoms with Crippen LogP contribution in [0, 0.1) is 0 Å². The van der Waals surface area contributed by atoms with Crippen LogP contribution in [-0.4, -0.2) is 25.5 Å². The molecule has 0 aliphatic heterocycles. The monoisotopic (exact) mass is 365 g/mol. The predicted octanol–water partition coefficient (Wildman–Crippen LogP) is 5.95. The number of hydrogen-bond donors (Lipinski definition) is 0. The van der Waals surface area contributed by atoms with E-state index in [2.05, 4.69) is 19.0 Å². The molecule has 0 saturated heterocycles. The van der Waals surface area contributed by atoms with Gasteiger partial charge in [-0.2, -0.15) is 13.2 Å². The Bertz CT molecular complexity index is 639. The minimum Gasteiger partial charge on any atom is -0.486 e. The van der Waals surface area contributed by atoms with Crippen molar-refractivity contribution in [3.63, 3.8) is 0 Å². The highest BCUT2D eigenvalue weighted by molar-refractivity contribution is 5.30. The van der Waals surface area contributed by atoms with E-state index in [9.17, 15) is 13.2 Å². The lowest BCUT2D eigenvalue weighted by molar-refractivity contribution is -0.137. The summed E-state index contributed by atoms with van der Waals surface area (Å²) in [6, 6.07) is 14.7. The number of halogens is 3. The summed E-state index contributed by atoms with van der Waals surface area (Å²) in [6.45, 7) is 1.05. The fourth-order valence-corrected chi connectivity index (χ4v) is 2.78. The summed E-state index contributed by atoms with van der Waals surface area (Å²) in [4.78, 5) is 2.16. The Labute approximate surface area is 153 Å². The van der Waals surface area contributed by atoms with Crippen LogP contribution in [0.1, 0.15) is 42.9 Å². The van der Waals surface area contributed by atoms with Crippen molar-refractivity contribution in [2.45, 2.75) is 38.0 Å². The number of nitrogens with zero attached hydrogens (tertiary/aromatic N) is 1. The number of unbranched alkanes of at least 4 members (excludes halogenated alkanes) is 2. The third kappa shape index (κ3) is 6.71. The van der Waals surface area contributed by atoms with Gasteiger partial charge in [-0.15, -0.1) is 0 Å². The Kier molecular flexibility index (Phi) is 7.51. The van der Waals surface area contributed by atoms with Crippen molar-refractivity contribution < 1.29 is 17.9 Å². The molecule has 2 aromatic carbocycles. The molecule has 0 saturated carbocycles. The Morgan fingerprint density at radius 1 is 0.885 bits per heavy atom. The zero-order valence-corrected chi connectivity index (χ0v) is 15.3. The Hall–Kier alpha value is -2.01. The van der Waals surface area contributed by atoms with Crippen molar-refractivity contribution in [2.75, 3.05) is 20.6 Å². The molecule has 0 bridgehead atoms. The molecule has 0 aromatic heterocycles. The predicted molar refractivity (Wildman–Crippen MR) is 98.3 cm³/mol. The molecule has 1 atom stereocenters. The highest BCUT2D eigenvalue weighted by atomic mass is 19.4. The molecule has 5 heteroatoms. The smallest absolute Gasteiger partial charge is 0.416 e. The summed E-state index contributed by atoms with van der Waals surface area (Å²) < 4.78 is 44.1. The van der Waals surface area contributed by atoms with E-state index < -0.39 is 11.7 Å². The van der Waals surface area contributed by atoms with Crippen molar-refractivity contribution in [2.24, 2.45) is 0 Å². The molecule has 0 heterocycles. The van der Waals surface area contributed by atoms with Gasteiger partial charge in [0, 0.05) is 0 Å². The quantitative estimate of drug-likeness (QED) is 0.509. The van der Waals surface area contributed by atoms with Crippen LogP contribution in [0.3, 0.4) is 0 Å². The lowest BCUT2D eigenvalue weighted by atomic mass is 10.0. The van der Waals surface area contributed by atoms with Gasteiger partial charge in [0.15, 0.2) is 0 Å². The van der Waals surface area contributed by atoms with Crippen LogP contribution in [0.5, 0.6) is 5.75 Å². The molecule has 2 nitrogen and oxygen atoms in total. The van der Waals surface area contributed by atoms with Gasteiger partial charge in [0.05, 0.1) is 5.56 Å². The molecule has 1 unspecified atom stereocenters. The fourth-order valence-electron chi connectivity index (χ4n) is 2.78. The van der Waals surface area contributed by atoms with Gasteiger partial charge in [0.2, 0.25) is 0 Å². The topological polar surface area (TPSA) is 12.5 Å². The second kappa shape index (κ2) is 9.62. The Morgan fingerprint density at radius 2 is 1.54 bits per heavy atom. The van der Waals surface area contributed by atoms with Crippen molar-refractivity contribution in [3.05, 3.63) is 65.7 Å². The zero-order valence-electron chi connectivity index (χ0n) is 15.3. The van der Waals surface area contributed by atoms with Gasteiger partial charge in [-0.25, -0.2) is 0 Å². The number of benzene rings is 2. The van der Waals surface area contributed by atoms with Gasteiger partial charge < -0.3 is 9.64 Å². The average molecular weight is 365 g/mol. The summed E-state index contributed by atoms with van der Waals surface area (Å²) in [5.41, 5.74) is 0.379. The molecule has 0 aliphatic carbocycles. The molecule has 2 rings (SSSR count). The van der Waals surface area contributed by atoms with Crippen molar-refractivity contribution >= 4 is 0 Å². The van der Waals surface area contributed by atoms with Crippen LogP contribution in [0.15, 0.2) is 54.6 Å². The van der Waals surface area contributed by atoms with E-state index >= 15 is 0 Å². The molecular formula is C21H26F3NO. The molecule has 0 aliphatic rings. The molecule has 0 amide bonds. The first-order chi connectivity index (χ1) is 12.4. The minimum atomic E-state index is -4.33. The number of rotatable bonds is 9. The molecule has 2 aromatic rings. The Balaban J connectivity index is 2.00. The second-order valence-electron chi connectivity index (χ2n) is 6.69. The van der Waals surface area contributed by atoms with Crippen LogP contribution in [-0.2, 0) is 6.18 Å². The maximum absolute atomic E-state index is 12.7. The van der Waals surface area contributed by atoms with Gasteiger partial charge in [0.1, 0.15) is 11.9 Å². The lowest BCUT2D eigenvalue weighted by Crippen LogP contribution is -2.13. The lowest BCUT2D eigenvalue weighted by Gasteiger charge is -2.20. The maximum atomic E-state index is 12.7. The van der Waals surface area contributed by atoms with Gasteiger partial charge in [-0.3, -0.25) is 0 Å². The van der Waals surface area contributed by atoms with Gasteiger partial charge >= 0.3 is 6.18 Å². The standard InChI is InChI=1S/C21H26F3NO/c1-25(2)16-8-4-7-11-20(17-9-5-3-6-10-17)26-19-14-12-18(13-15-19)21(22,23)24/h3,5-6,9-10,12-15,20H,4,7-8,11,16H2,1-2H3. The maximum Gasteiger partial charge on any atom is 0.416 e. The van der Waals surface area contributed by atoms with Crippen molar-refractivity contribution in [3.8, 4) is 5.75 Å². The zero-order chi connectivity index (χ0) is 19.0. The molecule has 0 N–H and O–H groups in total. The average Bonchev–Trinajstić information content (AvgIpc) is 2.60. The second-order valence-corrected chi connectivity index (χ2v) is 6.69. The third-order valence-electron chi connectivity index (χ3n) is 4.20. The molecule has 142 valence electrons. The normalized spacial score (nSPS) is 13.0. The van der Waals surface area contributed by atoms with E-state index in [0.29, 0.717) is 5.75 Å². The molecule has 26 heavy (non-hydrogen) atoms. The van der Waals surface area contributed by atoms with Gasteiger partial charge in [-0.05, 0) is 69.7 Å². The van der Waals surface area contributed by atoms with Gasteiger partial charge in [0.25, 0.3) is 0 Å². The molecule has 0 fully saturated rings. The summed E-state index contributed by atoms with van der Waals surface area (Å²) in [5.74, 6) is 0.458. The third-order valence-corrected chi connectivity index (χ3v) is 4.20. The van der Waals surface area contributed by atoms with E-state index in [0.717, 1.165) is 49.9 Å². The summed E-state index contributed by atoms with van der Waals surface area (Å²) in [7, 11) is 4.11.